The molecule has 2 aliphatic rings. The van der Waals surface area contributed by atoms with Crippen LogP contribution in [0.2, 0.25) is 0 Å². The monoisotopic (exact) mass is 574 g/mol. The lowest BCUT2D eigenvalue weighted by molar-refractivity contribution is -0.142. The number of benzene rings is 2. The van der Waals surface area contributed by atoms with Crippen molar-refractivity contribution in [2.45, 2.75) is 71.8 Å². The molecule has 1 atom stereocenters. The maximum Gasteiger partial charge on any atom is 0.410 e. The van der Waals surface area contributed by atoms with E-state index < -0.39 is 18.1 Å². The summed E-state index contributed by atoms with van der Waals surface area (Å²) < 4.78 is 5.67. The predicted octanol–water partition coefficient (Wildman–Crippen LogP) is 6.79. The van der Waals surface area contributed by atoms with Gasteiger partial charge in [0.25, 0.3) is 0 Å². The normalized spacial score (nSPS) is 17.2. The number of ketones is 1. The van der Waals surface area contributed by atoms with Crippen LogP contribution in [0.5, 0.6) is 0 Å². The first kappa shape index (κ1) is 31.0. The smallest absolute Gasteiger partial charge is 0.410 e. The number of aliphatic imine (C=N–C) groups is 1. The Morgan fingerprint density at radius 2 is 1.64 bits per heavy atom. The van der Waals surface area contributed by atoms with Gasteiger partial charge in [-0.05, 0) is 52.8 Å². The van der Waals surface area contributed by atoms with Crippen molar-refractivity contribution in [3.63, 3.8) is 0 Å². The molecule has 224 valence electrons. The summed E-state index contributed by atoms with van der Waals surface area (Å²) in [6.07, 6.45) is 1.15. The maximum absolute atomic E-state index is 13.0. The summed E-state index contributed by atoms with van der Waals surface area (Å²) in [5.41, 5.74) is 4.98. The first-order valence-corrected chi connectivity index (χ1v) is 14.7. The number of rotatable bonds is 11. The fraction of sp³-hybridized carbons (Fsp3) is 0.471. The molecule has 0 heterocycles. The zero-order valence-electron chi connectivity index (χ0n) is 25.2. The van der Waals surface area contributed by atoms with Crippen LogP contribution in [0.4, 0.5) is 4.79 Å². The van der Waals surface area contributed by atoms with Gasteiger partial charge in [0.05, 0.1) is 5.57 Å². The summed E-state index contributed by atoms with van der Waals surface area (Å²) >= 11 is 0. The summed E-state index contributed by atoms with van der Waals surface area (Å²) in [6, 6.07) is 15.0. The molecule has 0 aliphatic heterocycles. The number of carbonyl (C=O) groups excluding carboxylic acids is 2. The molecule has 0 saturated heterocycles. The molecule has 0 bridgehead atoms. The Hall–Kier alpha value is -3.94. The van der Waals surface area contributed by atoms with Crippen LogP contribution >= 0.6 is 0 Å². The van der Waals surface area contributed by atoms with Crippen molar-refractivity contribution in [1.82, 2.24) is 4.90 Å². The number of allylic oxidation sites excluding steroid dienone is 2. The molecule has 42 heavy (non-hydrogen) atoms. The minimum absolute atomic E-state index is 0.0778. The third kappa shape index (κ3) is 6.92. The van der Waals surface area contributed by atoms with Crippen LogP contribution in [-0.4, -0.2) is 64.9 Å². The van der Waals surface area contributed by atoms with Gasteiger partial charge in [-0.1, -0.05) is 76.2 Å². The number of ether oxygens (including phenoxy) is 1. The fourth-order valence-electron chi connectivity index (χ4n) is 6.05. The highest BCUT2D eigenvalue weighted by atomic mass is 16.6. The number of likely N-dealkylation sites (N-methyl/N-ethyl adjacent to an activating group) is 1. The van der Waals surface area contributed by atoms with Crippen LogP contribution in [0, 0.1) is 11.3 Å². The van der Waals surface area contributed by atoms with Crippen molar-refractivity contribution in [3.05, 3.63) is 71.0 Å². The van der Waals surface area contributed by atoms with E-state index >= 15 is 0 Å². The van der Waals surface area contributed by atoms with Gasteiger partial charge in [0.15, 0.2) is 5.78 Å². The number of aliphatic hydroxyl groups excluding tert-OH is 1. The molecule has 0 aromatic heterocycles. The molecule has 2 N–H and O–H groups in total. The zero-order valence-corrected chi connectivity index (χ0v) is 25.2. The molecule has 8 nitrogen and oxygen atoms in total. The number of fused-ring (bicyclic) bond motifs is 3. The molecule has 4 rings (SSSR count). The number of carboxylic acid groups (broad SMARTS) is 1. The van der Waals surface area contributed by atoms with Crippen LogP contribution in [0.15, 0.2) is 64.9 Å². The van der Waals surface area contributed by atoms with Crippen LogP contribution in [0.25, 0.3) is 11.1 Å². The molecule has 2 aromatic rings. The van der Waals surface area contributed by atoms with Gasteiger partial charge in [-0.15, -0.1) is 0 Å². The Morgan fingerprint density at radius 1 is 1.05 bits per heavy atom. The molecular weight excluding hydrogens is 532 g/mol. The average molecular weight is 575 g/mol. The number of hydrogen-bond acceptors (Lipinski definition) is 6. The van der Waals surface area contributed by atoms with Crippen molar-refractivity contribution < 1.29 is 29.3 Å². The standard InChI is InChI=1S/C34H42N2O6/c1-21(2)17-27(31-29(37)18-34(3,4)19-30(31)38)35-16-10-15-28(32(39)40)36(5)33(41)42-20-26-24-13-8-6-11-22(24)23-12-7-9-14-25(23)26/h6-9,11-14,21,26,28,37H,10,15-20H2,1-5H3,(H,39,40)/t28-/m1/s1. The second-order valence-electron chi connectivity index (χ2n) is 12.6. The van der Waals surface area contributed by atoms with Gasteiger partial charge >= 0.3 is 12.1 Å². The van der Waals surface area contributed by atoms with Crippen LogP contribution in [0.1, 0.15) is 76.8 Å². The highest BCUT2D eigenvalue weighted by Gasteiger charge is 2.35. The number of aliphatic hydroxyl groups is 1. The Balaban J connectivity index is 1.39. The van der Waals surface area contributed by atoms with E-state index in [4.69, 9.17) is 4.74 Å². The third-order valence-corrected chi connectivity index (χ3v) is 8.06. The summed E-state index contributed by atoms with van der Waals surface area (Å²) in [4.78, 5) is 43.8. The summed E-state index contributed by atoms with van der Waals surface area (Å²) in [5, 5.41) is 20.6. The molecular formula is C34H42N2O6. The first-order chi connectivity index (χ1) is 19.9. The van der Waals surface area contributed by atoms with E-state index in [0.717, 1.165) is 27.2 Å². The van der Waals surface area contributed by atoms with Crippen LogP contribution in [-0.2, 0) is 14.3 Å². The number of carboxylic acids is 1. The number of hydrogen-bond donors (Lipinski definition) is 2. The number of amides is 1. The van der Waals surface area contributed by atoms with E-state index in [0.29, 0.717) is 37.0 Å². The van der Waals surface area contributed by atoms with E-state index in [9.17, 15) is 24.6 Å². The Labute approximate surface area is 248 Å². The van der Waals surface area contributed by atoms with Gasteiger partial charge in [-0.3, -0.25) is 14.7 Å². The fourth-order valence-corrected chi connectivity index (χ4v) is 6.05. The minimum Gasteiger partial charge on any atom is -0.511 e. The maximum atomic E-state index is 13.0. The Kier molecular flexibility index (Phi) is 9.54. The summed E-state index contributed by atoms with van der Waals surface area (Å²) in [7, 11) is 1.44. The highest BCUT2D eigenvalue weighted by molar-refractivity contribution is 6.23. The lowest BCUT2D eigenvalue weighted by Crippen LogP contribution is -2.43. The lowest BCUT2D eigenvalue weighted by Gasteiger charge is -2.30. The van der Waals surface area contributed by atoms with E-state index in [-0.39, 0.29) is 48.4 Å². The molecule has 1 amide bonds. The van der Waals surface area contributed by atoms with Crippen molar-refractivity contribution >= 4 is 23.6 Å². The van der Waals surface area contributed by atoms with Crippen LogP contribution in [0.3, 0.4) is 0 Å². The van der Waals surface area contributed by atoms with Crippen molar-refractivity contribution in [2.24, 2.45) is 16.3 Å². The third-order valence-electron chi connectivity index (χ3n) is 8.06. The number of nitrogens with zero attached hydrogens (tertiary/aromatic N) is 2. The molecule has 0 unspecified atom stereocenters. The molecule has 2 aromatic carbocycles. The molecule has 0 saturated carbocycles. The van der Waals surface area contributed by atoms with Crippen molar-refractivity contribution in [2.75, 3.05) is 20.2 Å². The van der Waals surface area contributed by atoms with Gasteiger partial charge in [-0.25, -0.2) is 9.59 Å². The van der Waals surface area contributed by atoms with E-state index in [2.05, 4.69) is 17.1 Å². The molecule has 8 heteroatoms. The predicted molar refractivity (Wildman–Crippen MR) is 163 cm³/mol. The van der Waals surface area contributed by atoms with Gasteiger partial charge in [0, 0.05) is 38.1 Å². The van der Waals surface area contributed by atoms with E-state index in [1.807, 2.05) is 64.1 Å². The lowest BCUT2D eigenvalue weighted by atomic mass is 9.75. The number of carbonyl (C=O) groups is 3. The largest absolute Gasteiger partial charge is 0.511 e. The zero-order chi connectivity index (χ0) is 30.6. The number of aliphatic carboxylic acids is 1. The van der Waals surface area contributed by atoms with E-state index in [1.54, 1.807) is 0 Å². The van der Waals surface area contributed by atoms with Gasteiger partial charge in [0.1, 0.15) is 18.4 Å². The molecule has 2 aliphatic carbocycles. The molecule has 0 fully saturated rings. The second-order valence-corrected chi connectivity index (χ2v) is 12.6. The topological polar surface area (TPSA) is 116 Å². The summed E-state index contributed by atoms with van der Waals surface area (Å²) in [5.74, 6) is -1.05. The summed E-state index contributed by atoms with van der Waals surface area (Å²) in [6.45, 7) is 8.34. The Morgan fingerprint density at radius 3 is 2.19 bits per heavy atom. The second kappa shape index (κ2) is 12.9. The van der Waals surface area contributed by atoms with E-state index in [1.165, 1.54) is 7.05 Å². The highest BCUT2D eigenvalue weighted by Crippen LogP contribution is 2.44. The SMILES string of the molecule is CC(C)CC(=NCCC[C@H](C(=O)O)N(C)C(=O)OCC1c2ccccc2-c2ccccc21)C1=C(O)CC(C)(C)CC1=O. The van der Waals surface area contributed by atoms with Gasteiger partial charge in [-0.2, -0.15) is 0 Å². The minimum atomic E-state index is -1.12. The quantitative estimate of drug-likeness (QED) is 0.225. The van der Waals surface area contributed by atoms with Crippen LogP contribution < -0.4 is 0 Å². The first-order valence-electron chi connectivity index (χ1n) is 14.7. The van der Waals surface area contributed by atoms with Crippen molar-refractivity contribution in [3.8, 4) is 11.1 Å². The molecule has 0 spiro atoms. The Bertz CT molecular complexity index is 1360. The average Bonchev–Trinajstić information content (AvgIpc) is 3.23. The van der Waals surface area contributed by atoms with Gasteiger partial charge < -0.3 is 14.9 Å². The van der Waals surface area contributed by atoms with Gasteiger partial charge in [0.2, 0.25) is 0 Å². The van der Waals surface area contributed by atoms with Crippen molar-refractivity contribution in [1.29, 1.82) is 0 Å². The molecule has 0 radical (unpaired) electrons. The number of Topliss-reactive ketones (excluding diaryl/α,β-unsaturated/α-hetero) is 1.